The highest BCUT2D eigenvalue weighted by Crippen LogP contribution is 2.13. The summed E-state index contributed by atoms with van der Waals surface area (Å²) in [6, 6.07) is 5.36. The lowest BCUT2D eigenvalue weighted by atomic mass is 10.3. The number of pyridine rings is 1. The average molecular weight is 345 g/mol. The number of rotatable bonds is 3. The van der Waals surface area contributed by atoms with Gasteiger partial charge >= 0.3 is 5.69 Å². The summed E-state index contributed by atoms with van der Waals surface area (Å²) in [5, 5.41) is 12.8. The zero-order valence-corrected chi connectivity index (χ0v) is 13.7. The Morgan fingerprint density at radius 3 is 2.71 bits per heavy atom. The van der Waals surface area contributed by atoms with Gasteiger partial charge in [-0.1, -0.05) is 11.6 Å². The second-order valence-electron chi connectivity index (χ2n) is 5.24. The molecular formula is C15H13ClN6O2. The molecule has 8 nitrogen and oxygen atoms in total. The Morgan fingerprint density at radius 2 is 2.00 bits per heavy atom. The summed E-state index contributed by atoms with van der Waals surface area (Å²) in [4.78, 5) is 28.5. The van der Waals surface area contributed by atoms with Crippen LogP contribution in [-0.4, -0.2) is 18.5 Å². The molecule has 3 aromatic rings. The van der Waals surface area contributed by atoms with Crippen LogP contribution < -0.4 is 16.6 Å². The second kappa shape index (κ2) is 5.86. The fraction of sp³-hybridized carbons (Fsp3) is 0.200. The molecule has 0 spiro atoms. The van der Waals surface area contributed by atoms with Crippen molar-refractivity contribution in [2.24, 2.45) is 14.1 Å². The number of aromatic nitrogens is 4. The van der Waals surface area contributed by atoms with Crippen molar-refractivity contribution >= 4 is 23.1 Å². The van der Waals surface area contributed by atoms with Gasteiger partial charge in [0.15, 0.2) is 5.56 Å². The van der Waals surface area contributed by atoms with Crippen molar-refractivity contribution in [1.82, 2.24) is 18.5 Å². The summed E-state index contributed by atoms with van der Waals surface area (Å²) < 4.78 is 3.90. The Labute approximate surface area is 141 Å². The summed E-state index contributed by atoms with van der Waals surface area (Å²) in [6.07, 6.45) is 3.50. The summed E-state index contributed by atoms with van der Waals surface area (Å²) in [6.45, 7) is 0.244. The van der Waals surface area contributed by atoms with Crippen LogP contribution >= 0.6 is 11.6 Å². The van der Waals surface area contributed by atoms with Gasteiger partial charge in [0.25, 0.3) is 5.56 Å². The first-order valence-electron chi connectivity index (χ1n) is 6.99. The van der Waals surface area contributed by atoms with E-state index >= 15 is 0 Å². The number of imidazole rings is 1. The highest BCUT2D eigenvalue weighted by atomic mass is 35.5. The van der Waals surface area contributed by atoms with Gasteiger partial charge in [-0.05, 0) is 12.1 Å². The number of nitrogens with one attached hydrogen (secondary N) is 1. The Balaban J connectivity index is 1.98. The molecule has 3 heterocycles. The molecule has 3 rings (SSSR count). The topological polar surface area (TPSA) is 97.1 Å². The van der Waals surface area contributed by atoms with E-state index in [9.17, 15) is 14.9 Å². The number of anilines is 1. The number of halogens is 1. The van der Waals surface area contributed by atoms with Crippen LogP contribution in [0.25, 0.3) is 5.65 Å². The van der Waals surface area contributed by atoms with E-state index in [1.807, 2.05) is 6.07 Å². The van der Waals surface area contributed by atoms with Crippen LogP contribution in [0.3, 0.4) is 0 Å². The molecule has 9 heteroatoms. The molecule has 24 heavy (non-hydrogen) atoms. The predicted octanol–water partition coefficient (Wildman–Crippen LogP) is 0.869. The highest BCUT2D eigenvalue weighted by Gasteiger charge is 2.15. The fourth-order valence-electron chi connectivity index (χ4n) is 2.43. The van der Waals surface area contributed by atoms with E-state index in [4.69, 9.17) is 11.6 Å². The summed E-state index contributed by atoms with van der Waals surface area (Å²) in [5.41, 5.74) is 0.128. The molecule has 0 atom stereocenters. The Bertz CT molecular complexity index is 1100. The van der Waals surface area contributed by atoms with Crippen molar-refractivity contribution in [3.63, 3.8) is 0 Å². The van der Waals surface area contributed by atoms with Crippen LogP contribution in [0.15, 0.2) is 34.1 Å². The molecule has 0 amide bonds. The van der Waals surface area contributed by atoms with Crippen LogP contribution in [0.2, 0.25) is 5.02 Å². The van der Waals surface area contributed by atoms with E-state index in [1.165, 1.54) is 18.7 Å². The van der Waals surface area contributed by atoms with Crippen LogP contribution in [0, 0.1) is 11.3 Å². The van der Waals surface area contributed by atoms with Crippen molar-refractivity contribution in [3.05, 3.63) is 61.6 Å². The number of nitriles is 1. The minimum atomic E-state index is -0.634. The molecule has 0 aliphatic heterocycles. The van der Waals surface area contributed by atoms with Crippen molar-refractivity contribution in [2.45, 2.75) is 6.54 Å². The molecule has 0 radical (unpaired) electrons. The normalized spacial score (nSPS) is 10.8. The van der Waals surface area contributed by atoms with Gasteiger partial charge in [-0.25, -0.2) is 9.78 Å². The lowest BCUT2D eigenvalue weighted by molar-refractivity contribution is 0.685. The first-order valence-corrected chi connectivity index (χ1v) is 7.37. The monoisotopic (exact) mass is 344 g/mol. The van der Waals surface area contributed by atoms with Crippen molar-refractivity contribution in [2.75, 3.05) is 5.32 Å². The van der Waals surface area contributed by atoms with Crippen LogP contribution in [0.1, 0.15) is 11.3 Å². The SMILES string of the molecule is Cn1c(NCc2cn3cc(Cl)ccc3n2)c(C#N)c(=O)n(C)c1=O. The van der Waals surface area contributed by atoms with E-state index in [0.717, 1.165) is 10.2 Å². The molecule has 122 valence electrons. The minimum absolute atomic E-state index is 0.119. The smallest absolute Gasteiger partial charge is 0.332 e. The number of fused-ring (bicyclic) bond motifs is 1. The largest absolute Gasteiger partial charge is 0.364 e. The second-order valence-corrected chi connectivity index (χ2v) is 5.68. The maximum Gasteiger partial charge on any atom is 0.332 e. The summed E-state index contributed by atoms with van der Waals surface area (Å²) in [5.74, 6) is 0.167. The third kappa shape index (κ3) is 2.55. The van der Waals surface area contributed by atoms with Gasteiger partial charge in [-0.15, -0.1) is 0 Å². The van der Waals surface area contributed by atoms with Gasteiger partial charge in [0.2, 0.25) is 0 Å². The van der Waals surface area contributed by atoms with Crippen molar-refractivity contribution < 1.29 is 0 Å². The van der Waals surface area contributed by atoms with Gasteiger partial charge < -0.3 is 9.72 Å². The van der Waals surface area contributed by atoms with Gasteiger partial charge in [0, 0.05) is 26.5 Å². The van der Waals surface area contributed by atoms with Gasteiger partial charge in [-0.3, -0.25) is 13.9 Å². The molecule has 0 aliphatic carbocycles. The predicted molar refractivity (Wildman–Crippen MR) is 89.2 cm³/mol. The molecule has 0 saturated heterocycles. The maximum atomic E-state index is 12.0. The van der Waals surface area contributed by atoms with E-state index in [0.29, 0.717) is 10.7 Å². The third-order valence-corrected chi connectivity index (χ3v) is 3.90. The molecule has 1 N–H and O–H groups in total. The minimum Gasteiger partial charge on any atom is -0.364 e. The lowest BCUT2D eigenvalue weighted by Crippen LogP contribution is -2.39. The van der Waals surface area contributed by atoms with E-state index in [2.05, 4.69) is 10.3 Å². The first-order chi connectivity index (χ1) is 11.4. The van der Waals surface area contributed by atoms with Crippen molar-refractivity contribution in [1.29, 1.82) is 5.26 Å². The maximum absolute atomic E-state index is 12.0. The van der Waals surface area contributed by atoms with Gasteiger partial charge in [0.05, 0.1) is 17.3 Å². The van der Waals surface area contributed by atoms with Crippen molar-refractivity contribution in [3.8, 4) is 6.07 Å². The number of hydrogen-bond acceptors (Lipinski definition) is 5. The summed E-state index contributed by atoms with van der Waals surface area (Å²) in [7, 11) is 2.83. The van der Waals surface area contributed by atoms with Gasteiger partial charge in [-0.2, -0.15) is 5.26 Å². The average Bonchev–Trinajstić information content (AvgIpc) is 2.96. The molecular weight excluding hydrogens is 332 g/mol. The van der Waals surface area contributed by atoms with Gasteiger partial charge in [0.1, 0.15) is 17.5 Å². The van der Waals surface area contributed by atoms with Crippen LogP contribution in [0.4, 0.5) is 5.82 Å². The van der Waals surface area contributed by atoms with Crippen LogP contribution in [-0.2, 0) is 20.6 Å². The first kappa shape index (κ1) is 15.8. The summed E-state index contributed by atoms with van der Waals surface area (Å²) >= 11 is 5.94. The molecule has 0 saturated carbocycles. The van der Waals surface area contributed by atoms with Crippen LogP contribution in [0.5, 0.6) is 0 Å². The highest BCUT2D eigenvalue weighted by molar-refractivity contribution is 6.30. The molecule has 3 aromatic heterocycles. The van der Waals surface area contributed by atoms with E-state index < -0.39 is 11.2 Å². The molecule has 0 aliphatic rings. The Hall–Kier alpha value is -3.05. The van der Waals surface area contributed by atoms with E-state index in [-0.39, 0.29) is 17.9 Å². The van der Waals surface area contributed by atoms with E-state index in [1.54, 1.807) is 28.9 Å². The number of nitrogens with zero attached hydrogens (tertiary/aromatic N) is 5. The molecule has 0 unspecified atom stereocenters. The zero-order valence-electron chi connectivity index (χ0n) is 12.9. The Morgan fingerprint density at radius 1 is 1.25 bits per heavy atom. The lowest BCUT2D eigenvalue weighted by Gasteiger charge is -2.12. The molecule has 0 bridgehead atoms. The molecule has 0 fully saturated rings. The Kier molecular flexibility index (Phi) is 3.87. The molecule has 0 aromatic carbocycles. The number of hydrogen-bond donors (Lipinski definition) is 1. The third-order valence-electron chi connectivity index (χ3n) is 3.68. The standard InChI is InChI=1S/C15H13ClN6O2/c1-20-13(11(5-17)14(23)21(2)15(20)24)18-6-10-8-22-7-9(16)3-4-12(22)19-10/h3-4,7-8,18H,6H2,1-2H3. The fourth-order valence-corrected chi connectivity index (χ4v) is 2.60. The zero-order chi connectivity index (χ0) is 17.4. The quantitative estimate of drug-likeness (QED) is 0.760.